The van der Waals surface area contributed by atoms with E-state index in [2.05, 4.69) is 10.4 Å². The molecule has 0 saturated carbocycles. The van der Waals surface area contributed by atoms with Crippen LogP contribution in [0, 0.1) is 5.92 Å². The highest BCUT2D eigenvalue weighted by atomic mass is 16.4. The van der Waals surface area contributed by atoms with Gasteiger partial charge >= 0.3 is 12.0 Å². The number of carbonyl (C=O) groups is 2. The number of hydrogen-bond acceptors (Lipinski definition) is 4. The maximum Gasteiger partial charge on any atom is 0.322 e. The summed E-state index contributed by atoms with van der Waals surface area (Å²) in [7, 11) is 1.55. The SMILES string of the molecule is CC(CN(C)C(=O)Nc1cc(-c2ccco2)nn1C(C)C)C(=O)O. The van der Waals surface area contributed by atoms with Gasteiger partial charge in [-0.25, -0.2) is 9.48 Å². The van der Waals surface area contributed by atoms with Crippen LogP contribution in [0.3, 0.4) is 0 Å². The molecule has 0 radical (unpaired) electrons. The Balaban J connectivity index is 2.16. The number of nitrogens with one attached hydrogen (secondary N) is 1. The number of carboxylic acids is 1. The number of hydrogen-bond donors (Lipinski definition) is 2. The number of aliphatic carboxylic acids is 1. The Bertz CT molecular complexity index is 706. The minimum Gasteiger partial charge on any atom is -0.481 e. The molecule has 0 aliphatic heterocycles. The van der Waals surface area contributed by atoms with Crippen molar-refractivity contribution in [1.82, 2.24) is 14.7 Å². The van der Waals surface area contributed by atoms with Gasteiger partial charge in [0, 0.05) is 25.7 Å². The molecule has 0 aliphatic carbocycles. The van der Waals surface area contributed by atoms with Crippen molar-refractivity contribution in [3.63, 3.8) is 0 Å². The van der Waals surface area contributed by atoms with Crippen LogP contribution in [0.25, 0.3) is 11.5 Å². The van der Waals surface area contributed by atoms with E-state index in [0.717, 1.165) is 0 Å². The molecule has 2 N–H and O–H groups in total. The van der Waals surface area contributed by atoms with Crippen LogP contribution in [0.2, 0.25) is 0 Å². The number of amides is 2. The Labute approximate surface area is 140 Å². The van der Waals surface area contributed by atoms with Gasteiger partial charge in [0.2, 0.25) is 0 Å². The lowest BCUT2D eigenvalue weighted by Gasteiger charge is -2.20. The monoisotopic (exact) mass is 334 g/mol. The Morgan fingerprint density at radius 2 is 2.12 bits per heavy atom. The molecule has 2 aromatic heterocycles. The van der Waals surface area contributed by atoms with Gasteiger partial charge in [-0.2, -0.15) is 5.10 Å². The van der Waals surface area contributed by atoms with Gasteiger partial charge in [0.05, 0.1) is 12.2 Å². The van der Waals surface area contributed by atoms with Crippen molar-refractivity contribution >= 4 is 17.8 Å². The predicted octanol–water partition coefficient (Wildman–Crippen LogP) is 2.91. The smallest absolute Gasteiger partial charge is 0.322 e. The first-order valence-corrected chi connectivity index (χ1v) is 7.68. The van der Waals surface area contributed by atoms with E-state index in [1.807, 2.05) is 13.8 Å². The normalized spacial score (nSPS) is 12.2. The quantitative estimate of drug-likeness (QED) is 0.846. The molecule has 130 valence electrons. The molecule has 8 heteroatoms. The standard InChI is InChI=1S/C16H22N4O4/c1-10(2)20-14(8-12(18-20)13-6-5-7-24-13)17-16(23)19(4)9-11(3)15(21)22/h5-8,10-11H,9H2,1-4H3,(H,17,23)(H,21,22). The number of nitrogens with zero attached hydrogens (tertiary/aromatic N) is 3. The third-order valence-corrected chi connectivity index (χ3v) is 3.55. The molecule has 2 aromatic rings. The first-order chi connectivity index (χ1) is 11.3. The van der Waals surface area contributed by atoms with E-state index in [4.69, 9.17) is 9.52 Å². The molecular formula is C16H22N4O4. The molecule has 2 heterocycles. The number of rotatable bonds is 6. The lowest BCUT2D eigenvalue weighted by Crippen LogP contribution is -2.37. The topological polar surface area (TPSA) is 101 Å². The van der Waals surface area contributed by atoms with Crippen LogP contribution in [0.4, 0.5) is 10.6 Å². The molecule has 0 saturated heterocycles. The number of aromatic nitrogens is 2. The summed E-state index contributed by atoms with van der Waals surface area (Å²) in [4.78, 5) is 24.5. The van der Waals surface area contributed by atoms with Crippen molar-refractivity contribution in [2.24, 2.45) is 5.92 Å². The highest BCUT2D eigenvalue weighted by Crippen LogP contribution is 2.25. The van der Waals surface area contributed by atoms with Crippen molar-refractivity contribution in [3.8, 4) is 11.5 Å². The summed E-state index contributed by atoms with van der Waals surface area (Å²) in [6.45, 7) is 5.57. The van der Waals surface area contributed by atoms with E-state index in [1.54, 1.807) is 43.1 Å². The van der Waals surface area contributed by atoms with Crippen molar-refractivity contribution in [1.29, 1.82) is 0 Å². The van der Waals surface area contributed by atoms with E-state index >= 15 is 0 Å². The summed E-state index contributed by atoms with van der Waals surface area (Å²) in [6.07, 6.45) is 1.56. The fourth-order valence-electron chi connectivity index (χ4n) is 2.20. The first kappa shape index (κ1) is 17.6. The fraction of sp³-hybridized carbons (Fsp3) is 0.438. The van der Waals surface area contributed by atoms with Crippen LogP contribution in [-0.2, 0) is 4.79 Å². The second-order valence-electron chi connectivity index (χ2n) is 5.98. The van der Waals surface area contributed by atoms with Crippen LogP contribution in [0.15, 0.2) is 28.9 Å². The highest BCUT2D eigenvalue weighted by molar-refractivity contribution is 5.89. The summed E-state index contributed by atoms with van der Waals surface area (Å²) in [6, 6.07) is 4.93. The molecule has 2 rings (SSSR count). The first-order valence-electron chi connectivity index (χ1n) is 7.68. The summed E-state index contributed by atoms with van der Waals surface area (Å²) >= 11 is 0. The highest BCUT2D eigenvalue weighted by Gasteiger charge is 2.20. The van der Waals surface area contributed by atoms with E-state index in [1.165, 1.54) is 4.90 Å². The van der Waals surface area contributed by atoms with Gasteiger partial charge in [0.1, 0.15) is 11.5 Å². The predicted molar refractivity (Wildman–Crippen MR) is 88.8 cm³/mol. The molecule has 8 nitrogen and oxygen atoms in total. The molecule has 0 spiro atoms. The van der Waals surface area contributed by atoms with Crippen molar-refractivity contribution < 1.29 is 19.1 Å². The summed E-state index contributed by atoms with van der Waals surface area (Å²) < 4.78 is 7.02. The van der Waals surface area contributed by atoms with Crippen molar-refractivity contribution in [3.05, 3.63) is 24.5 Å². The molecule has 24 heavy (non-hydrogen) atoms. The lowest BCUT2D eigenvalue weighted by atomic mass is 10.2. The Morgan fingerprint density at radius 1 is 1.42 bits per heavy atom. The number of anilines is 1. The average Bonchev–Trinajstić information content (AvgIpc) is 3.15. The van der Waals surface area contributed by atoms with Gasteiger partial charge in [-0.3, -0.25) is 10.1 Å². The summed E-state index contributed by atoms with van der Waals surface area (Å²) in [5.74, 6) is -0.453. The van der Waals surface area contributed by atoms with E-state index in [-0.39, 0.29) is 12.6 Å². The zero-order chi connectivity index (χ0) is 17.9. The Kier molecular flexibility index (Phi) is 5.28. The average molecular weight is 334 g/mol. The number of furan rings is 1. The largest absolute Gasteiger partial charge is 0.481 e. The van der Waals surface area contributed by atoms with Gasteiger partial charge < -0.3 is 14.4 Å². The Hall–Kier alpha value is -2.77. The number of carbonyl (C=O) groups excluding carboxylic acids is 1. The summed E-state index contributed by atoms with van der Waals surface area (Å²) in [5, 5.41) is 16.2. The third kappa shape index (κ3) is 3.95. The minimum atomic E-state index is -0.943. The molecular weight excluding hydrogens is 312 g/mol. The van der Waals surface area contributed by atoms with Crippen LogP contribution in [0.5, 0.6) is 0 Å². The maximum atomic E-state index is 12.3. The van der Waals surface area contributed by atoms with Crippen LogP contribution in [-0.4, -0.2) is 45.4 Å². The van der Waals surface area contributed by atoms with Crippen LogP contribution >= 0.6 is 0 Å². The number of carboxylic acid groups (broad SMARTS) is 1. The van der Waals surface area contributed by atoms with Gasteiger partial charge in [0.25, 0.3) is 0 Å². The van der Waals surface area contributed by atoms with Crippen LogP contribution < -0.4 is 5.32 Å². The van der Waals surface area contributed by atoms with E-state index in [0.29, 0.717) is 17.3 Å². The minimum absolute atomic E-state index is 0.0345. The van der Waals surface area contributed by atoms with E-state index in [9.17, 15) is 9.59 Å². The van der Waals surface area contributed by atoms with Crippen molar-refractivity contribution in [2.45, 2.75) is 26.8 Å². The maximum absolute atomic E-state index is 12.3. The van der Waals surface area contributed by atoms with Crippen LogP contribution in [0.1, 0.15) is 26.8 Å². The lowest BCUT2D eigenvalue weighted by molar-refractivity contribution is -0.141. The van der Waals surface area contributed by atoms with Gasteiger partial charge in [-0.1, -0.05) is 6.92 Å². The Morgan fingerprint density at radius 3 is 2.67 bits per heavy atom. The zero-order valence-electron chi connectivity index (χ0n) is 14.2. The van der Waals surface area contributed by atoms with Gasteiger partial charge in [-0.15, -0.1) is 0 Å². The molecule has 1 unspecified atom stereocenters. The molecule has 0 bridgehead atoms. The molecule has 0 fully saturated rings. The second-order valence-corrected chi connectivity index (χ2v) is 5.98. The molecule has 1 atom stereocenters. The third-order valence-electron chi connectivity index (χ3n) is 3.55. The van der Waals surface area contributed by atoms with Gasteiger partial charge in [0.15, 0.2) is 5.76 Å². The van der Waals surface area contributed by atoms with E-state index < -0.39 is 17.9 Å². The molecule has 2 amide bonds. The molecule has 0 aromatic carbocycles. The number of urea groups is 1. The fourth-order valence-corrected chi connectivity index (χ4v) is 2.20. The molecule has 0 aliphatic rings. The second kappa shape index (κ2) is 7.20. The summed E-state index contributed by atoms with van der Waals surface area (Å²) in [5.41, 5.74) is 0.616. The van der Waals surface area contributed by atoms with Gasteiger partial charge in [-0.05, 0) is 26.0 Å². The van der Waals surface area contributed by atoms with Crippen molar-refractivity contribution in [2.75, 3.05) is 18.9 Å². The zero-order valence-corrected chi connectivity index (χ0v) is 14.2.